The Hall–Kier alpha value is -0.0200. The van der Waals surface area contributed by atoms with Crippen molar-refractivity contribution in [1.82, 2.24) is 9.62 Å². The first-order chi connectivity index (χ1) is 9.45. The summed E-state index contributed by atoms with van der Waals surface area (Å²) in [4.78, 5) is 0.202. The molecule has 1 N–H and O–H groups in total. The summed E-state index contributed by atoms with van der Waals surface area (Å²) >= 11 is 4.82. The third-order valence-electron chi connectivity index (χ3n) is 3.15. The van der Waals surface area contributed by atoms with Crippen molar-refractivity contribution in [3.8, 4) is 0 Å². The number of rotatable bonds is 8. The number of nitrogens with zero attached hydrogens (tertiary/aromatic N) is 1. The lowest BCUT2D eigenvalue weighted by Gasteiger charge is -2.15. The van der Waals surface area contributed by atoms with E-state index in [1.807, 2.05) is 6.26 Å². The fourth-order valence-electron chi connectivity index (χ4n) is 1.70. The van der Waals surface area contributed by atoms with Gasteiger partial charge in [0.05, 0.1) is 6.54 Å². The molecule has 5 nitrogen and oxygen atoms in total. The van der Waals surface area contributed by atoms with Crippen LogP contribution in [0, 0.1) is 0 Å². The molecule has 0 atom stereocenters. The zero-order valence-corrected chi connectivity index (χ0v) is 14.8. The van der Waals surface area contributed by atoms with Crippen LogP contribution in [0.1, 0.15) is 18.6 Å². The predicted octanol–water partition coefficient (Wildman–Crippen LogP) is 2.28. The van der Waals surface area contributed by atoms with E-state index in [0.29, 0.717) is 24.9 Å². The Bertz CT molecular complexity index is 555. The highest BCUT2D eigenvalue weighted by Crippen LogP contribution is 2.29. The molecule has 0 saturated heterocycles. The largest absolute Gasteiger partial charge is 0.452 e. The van der Waals surface area contributed by atoms with Crippen molar-refractivity contribution >= 4 is 37.7 Å². The number of hydrogen-bond acceptors (Lipinski definition) is 5. The Morgan fingerprint density at radius 3 is 2.85 bits per heavy atom. The SMILES string of the molecule is CSCCN(C)S(=O)(=O)c1cc(CNC2CC2)oc1Br. The standard InChI is InChI=1S/C12H19BrN2O3S2/c1-15(5-6-19-2)20(16,17)11-7-10(18-12(11)13)8-14-9-3-4-9/h7,9,14H,3-6,8H2,1-2H3. The Morgan fingerprint density at radius 1 is 1.55 bits per heavy atom. The van der Waals surface area contributed by atoms with E-state index in [9.17, 15) is 8.42 Å². The minimum absolute atomic E-state index is 0.202. The summed E-state index contributed by atoms with van der Waals surface area (Å²) in [5, 5.41) is 3.30. The van der Waals surface area contributed by atoms with E-state index < -0.39 is 10.0 Å². The van der Waals surface area contributed by atoms with E-state index in [1.54, 1.807) is 24.9 Å². The van der Waals surface area contributed by atoms with Crippen LogP contribution in [-0.4, -0.2) is 44.4 Å². The van der Waals surface area contributed by atoms with Crippen LogP contribution in [0.15, 0.2) is 20.0 Å². The van der Waals surface area contributed by atoms with Gasteiger partial charge in [-0.25, -0.2) is 8.42 Å². The Morgan fingerprint density at radius 2 is 2.25 bits per heavy atom. The number of nitrogens with one attached hydrogen (secondary N) is 1. The first-order valence-corrected chi connectivity index (χ1v) is 10.0. The molecule has 114 valence electrons. The van der Waals surface area contributed by atoms with Gasteiger partial charge >= 0.3 is 0 Å². The molecular weight excluding hydrogens is 364 g/mol. The summed E-state index contributed by atoms with van der Waals surface area (Å²) in [6, 6.07) is 2.16. The topological polar surface area (TPSA) is 62.6 Å². The summed E-state index contributed by atoms with van der Waals surface area (Å²) in [5.41, 5.74) is 0. The van der Waals surface area contributed by atoms with Gasteiger partial charge in [-0.1, -0.05) is 0 Å². The number of furan rings is 1. The molecule has 0 amide bonds. The zero-order chi connectivity index (χ0) is 14.8. The molecule has 0 aliphatic heterocycles. The molecule has 1 aromatic heterocycles. The smallest absolute Gasteiger partial charge is 0.247 e. The molecule has 1 aliphatic rings. The van der Waals surface area contributed by atoms with Gasteiger partial charge in [-0.05, 0) is 35.0 Å². The lowest BCUT2D eigenvalue weighted by molar-refractivity contribution is 0.455. The van der Waals surface area contributed by atoms with Crippen LogP contribution in [0.3, 0.4) is 0 Å². The van der Waals surface area contributed by atoms with Crippen molar-refractivity contribution in [3.05, 3.63) is 16.5 Å². The van der Waals surface area contributed by atoms with E-state index >= 15 is 0 Å². The van der Waals surface area contributed by atoms with Gasteiger partial charge in [-0.3, -0.25) is 0 Å². The molecule has 1 fully saturated rings. The molecule has 20 heavy (non-hydrogen) atoms. The van der Waals surface area contributed by atoms with Crippen LogP contribution in [0.25, 0.3) is 0 Å². The summed E-state index contributed by atoms with van der Waals surface area (Å²) in [5.74, 6) is 1.40. The predicted molar refractivity (Wildman–Crippen MR) is 84.5 cm³/mol. The van der Waals surface area contributed by atoms with Crippen molar-refractivity contribution in [1.29, 1.82) is 0 Å². The molecule has 1 aromatic rings. The second kappa shape index (κ2) is 6.83. The molecule has 1 heterocycles. The minimum Gasteiger partial charge on any atom is -0.452 e. The molecule has 0 aromatic carbocycles. The van der Waals surface area contributed by atoms with Crippen molar-refractivity contribution in [2.24, 2.45) is 0 Å². The Kier molecular flexibility index (Phi) is 5.58. The van der Waals surface area contributed by atoms with Gasteiger partial charge in [-0.15, -0.1) is 0 Å². The number of sulfonamides is 1. The van der Waals surface area contributed by atoms with Crippen LogP contribution in [0.4, 0.5) is 0 Å². The molecule has 0 bridgehead atoms. The van der Waals surface area contributed by atoms with E-state index in [0.717, 1.165) is 5.75 Å². The molecule has 0 radical (unpaired) electrons. The first-order valence-electron chi connectivity index (χ1n) is 6.42. The fraction of sp³-hybridized carbons (Fsp3) is 0.667. The summed E-state index contributed by atoms with van der Waals surface area (Å²) in [7, 11) is -1.90. The van der Waals surface area contributed by atoms with Gasteiger partial charge in [-0.2, -0.15) is 16.1 Å². The zero-order valence-electron chi connectivity index (χ0n) is 11.6. The minimum atomic E-state index is -3.49. The van der Waals surface area contributed by atoms with Gasteiger partial charge < -0.3 is 9.73 Å². The molecule has 8 heteroatoms. The highest BCUT2D eigenvalue weighted by atomic mass is 79.9. The van der Waals surface area contributed by atoms with Gasteiger partial charge in [0.2, 0.25) is 10.0 Å². The number of thioether (sulfide) groups is 1. The highest BCUT2D eigenvalue weighted by Gasteiger charge is 2.27. The van der Waals surface area contributed by atoms with Crippen molar-refractivity contribution < 1.29 is 12.8 Å². The average molecular weight is 383 g/mol. The molecule has 2 rings (SSSR count). The van der Waals surface area contributed by atoms with Crippen LogP contribution in [-0.2, 0) is 16.6 Å². The van der Waals surface area contributed by atoms with E-state index in [-0.39, 0.29) is 9.56 Å². The average Bonchev–Trinajstić information content (AvgIpc) is 3.15. The number of hydrogen-bond donors (Lipinski definition) is 1. The maximum absolute atomic E-state index is 12.4. The third-order valence-corrected chi connectivity index (χ3v) is 6.45. The van der Waals surface area contributed by atoms with Gasteiger partial charge in [0, 0.05) is 31.5 Å². The molecule has 1 saturated carbocycles. The molecule has 0 spiro atoms. The van der Waals surface area contributed by atoms with Crippen LogP contribution < -0.4 is 5.32 Å². The van der Waals surface area contributed by atoms with Gasteiger partial charge in [0.25, 0.3) is 0 Å². The van der Waals surface area contributed by atoms with E-state index in [2.05, 4.69) is 21.2 Å². The normalized spacial score (nSPS) is 16.0. The molecule has 1 aliphatic carbocycles. The number of halogens is 1. The van der Waals surface area contributed by atoms with Gasteiger partial charge in [0.15, 0.2) is 4.67 Å². The summed E-state index contributed by atoms with van der Waals surface area (Å²) in [6.45, 7) is 1.05. The van der Waals surface area contributed by atoms with Crippen molar-refractivity contribution in [2.45, 2.75) is 30.3 Å². The second-order valence-electron chi connectivity index (χ2n) is 4.83. The first kappa shape index (κ1) is 16.4. The summed E-state index contributed by atoms with van der Waals surface area (Å²) in [6.07, 6.45) is 4.32. The third kappa shape index (κ3) is 4.00. The monoisotopic (exact) mass is 382 g/mol. The van der Waals surface area contributed by atoms with Crippen molar-refractivity contribution in [2.75, 3.05) is 25.6 Å². The van der Waals surface area contributed by atoms with E-state index in [1.165, 1.54) is 17.1 Å². The quantitative estimate of drug-likeness (QED) is 0.746. The van der Waals surface area contributed by atoms with Crippen molar-refractivity contribution in [3.63, 3.8) is 0 Å². The summed E-state index contributed by atoms with van der Waals surface area (Å²) < 4.78 is 32.0. The maximum Gasteiger partial charge on any atom is 0.247 e. The second-order valence-corrected chi connectivity index (χ2v) is 8.54. The van der Waals surface area contributed by atoms with Crippen LogP contribution >= 0.6 is 27.7 Å². The maximum atomic E-state index is 12.4. The molecular formula is C12H19BrN2O3S2. The lowest BCUT2D eigenvalue weighted by atomic mass is 10.4. The lowest BCUT2D eigenvalue weighted by Crippen LogP contribution is -2.29. The van der Waals surface area contributed by atoms with E-state index in [4.69, 9.17) is 4.42 Å². The molecule has 0 unspecified atom stereocenters. The Labute approximate surface area is 132 Å². The highest BCUT2D eigenvalue weighted by molar-refractivity contribution is 9.10. The van der Waals surface area contributed by atoms with Crippen LogP contribution in [0.5, 0.6) is 0 Å². The Balaban J connectivity index is 2.09. The fourth-order valence-corrected chi connectivity index (χ4v) is 4.40. The van der Waals surface area contributed by atoms with Gasteiger partial charge in [0.1, 0.15) is 10.7 Å². The van der Waals surface area contributed by atoms with Crippen LogP contribution in [0.2, 0.25) is 0 Å².